The predicted molar refractivity (Wildman–Crippen MR) is 61.7 cm³/mol. The van der Waals surface area contributed by atoms with Crippen LogP contribution in [0.1, 0.15) is 12.5 Å². The Morgan fingerprint density at radius 2 is 2.38 bits per heavy atom. The van der Waals surface area contributed by atoms with Gasteiger partial charge in [0.05, 0.1) is 12.2 Å². The maximum absolute atomic E-state index is 11.2. The van der Waals surface area contributed by atoms with Gasteiger partial charge in [0.1, 0.15) is 6.07 Å². The first-order valence-electron chi connectivity index (χ1n) is 4.72. The highest BCUT2D eigenvalue weighted by Crippen LogP contribution is 2.18. The molecule has 0 amide bonds. The van der Waals surface area contributed by atoms with E-state index in [1.807, 2.05) is 6.07 Å². The van der Waals surface area contributed by atoms with Crippen molar-refractivity contribution in [1.82, 2.24) is 0 Å². The monoisotopic (exact) mass is 235 g/mol. The molecule has 0 fully saturated rings. The maximum Gasteiger partial charge on any atom is 0.332 e. The topological polar surface area (TPSA) is 50.1 Å². The first-order chi connectivity index (χ1) is 7.67. The van der Waals surface area contributed by atoms with Crippen LogP contribution >= 0.6 is 11.6 Å². The molecule has 1 aromatic carbocycles. The van der Waals surface area contributed by atoms with Gasteiger partial charge in [0.15, 0.2) is 0 Å². The van der Waals surface area contributed by atoms with Crippen molar-refractivity contribution in [2.45, 2.75) is 6.92 Å². The van der Waals surface area contributed by atoms with E-state index in [0.29, 0.717) is 10.6 Å². The summed E-state index contributed by atoms with van der Waals surface area (Å²) in [5, 5.41) is 9.43. The van der Waals surface area contributed by atoms with Crippen LogP contribution in [0.4, 0.5) is 0 Å². The second-order valence-electron chi connectivity index (χ2n) is 2.93. The van der Waals surface area contributed by atoms with Gasteiger partial charge in [-0.3, -0.25) is 0 Å². The fraction of sp³-hybridized carbons (Fsp3) is 0.167. The molecule has 82 valence electrons. The van der Waals surface area contributed by atoms with Crippen LogP contribution in [0.2, 0.25) is 5.02 Å². The van der Waals surface area contributed by atoms with Crippen LogP contribution in [0.5, 0.6) is 0 Å². The zero-order chi connectivity index (χ0) is 12.0. The van der Waals surface area contributed by atoms with E-state index in [0.717, 1.165) is 6.08 Å². The summed E-state index contributed by atoms with van der Waals surface area (Å²) in [6.07, 6.45) is 1.16. The summed E-state index contributed by atoms with van der Waals surface area (Å²) in [5.74, 6) is -0.529. The van der Waals surface area contributed by atoms with Crippen molar-refractivity contribution >= 4 is 23.1 Å². The minimum absolute atomic E-state index is 0.237. The van der Waals surface area contributed by atoms with E-state index in [9.17, 15) is 4.79 Å². The van der Waals surface area contributed by atoms with Crippen molar-refractivity contribution in [3.63, 3.8) is 0 Å². The third-order valence-corrected chi connectivity index (χ3v) is 2.04. The lowest BCUT2D eigenvalue weighted by Gasteiger charge is -2.00. The number of hydrogen-bond acceptors (Lipinski definition) is 3. The Bertz CT molecular complexity index is 460. The Morgan fingerprint density at radius 3 is 2.94 bits per heavy atom. The number of allylic oxidation sites excluding steroid dienone is 1. The van der Waals surface area contributed by atoms with Crippen LogP contribution in [0.3, 0.4) is 0 Å². The lowest BCUT2D eigenvalue weighted by molar-refractivity contribution is -0.137. The molecule has 0 aliphatic carbocycles. The molecule has 4 heteroatoms. The van der Waals surface area contributed by atoms with Gasteiger partial charge < -0.3 is 4.74 Å². The number of halogens is 1. The highest BCUT2D eigenvalue weighted by atomic mass is 35.5. The molecule has 1 aromatic rings. The molecule has 0 unspecified atom stereocenters. The molecule has 16 heavy (non-hydrogen) atoms. The van der Waals surface area contributed by atoms with Crippen LogP contribution in [-0.4, -0.2) is 12.6 Å². The highest BCUT2D eigenvalue weighted by molar-refractivity contribution is 6.30. The van der Waals surface area contributed by atoms with E-state index in [-0.39, 0.29) is 12.2 Å². The Morgan fingerprint density at radius 1 is 1.62 bits per heavy atom. The Balaban J connectivity index is 3.00. The Kier molecular flexibility index (Phi) is 4.56. The van der Waals surface area contributed by atoms with Gasteiger partial charge in [-0.15, -0.1) is 0 Å². The number of esters is 1. The van der Waals surface area contributed by atoms with Gasteiger partial charge in [0.25, 0.3) is 0 Å². The summed E-state index contributed by atoms with van der Waals surface area (Å²) in [7, 11) is 0. The third kappa shape index (κ3) is 3.41. The Hall–Kier alpha value is -1.79. The van der Waals surface area contributed by atoms with Gasteiger partial charge in [-0.05, 0) is 24.6 Å². The van der Waals surface area contributed by atoms with E-state index in [1.165, 1.54) is 0 Å². The summed E-state index contributed by atoms with van der Waals surface area (Å²) < 4.78 is 4.73. The molecule has 0 atom stereocenters. The molecule has 0 N–H and O–H groups in total. The fourth-order valence-corrected chi connectivity index (χ4v) is 1.33. The normalized spacial score (nSPS) is 10.7. The van der Waals surface area contributed by atoms with E-state index in [4.69, 9.17) is 21.6 Å². The predicted octanol–water partition coefficient (Wildman–Crippen LogP) is 2.81. The van der Waals surface area contributed by atoms with Crippen molar-refractivity contribution in [2.24, 2.45) is 0 Å². The van der Waals surface area contributed by atoms with Crippen molar-refractivity contribution in [2.75, 3.05) is 6.61 Å². The van der Waals surface area contributed by atoms with E-state index >= 15 is 0 Å². The zero-order valence-electron chi connectivity index (χ0n) is 8.74. The number of carbonyl (C=O) groups excluding carboxylic acids is 1. The number of rotatable bonds is 3. The quantitative estimate of drug-likeness (QED) is 0.460. The second kappa shape index (κ2) is 5.94. The maximum atomic E-state index is 11.2. The first-order valence-corrected chi connectivity index (χ1v) is 5.09. The summed E-state index contributed by atoms with van der Waals surface area (Å²) >= 11 is 5.79. The molecule has 3 nitrogen and oxygen atoms in total. The SMILES string of the molecule is CCOC(=O)C=C(C#N)c1cccc(Cl)c1. The summed E-state index contributed by atoms with van der Waals surface area (Å²) in [6, 6.07) is 8.68. The number of ether oxygens (including phenoxy) is 1. The van der Waals surface area contributed by atoms with Crippen LogP contribution in [0.25, 0.3) is 5.57 Å². The summed E-state index contributed by atoms with van der Waals surface area (Å²) in [5.41, 5.74) is 0.837. The Labute approximate surface area is 98.9 Å². The average Bonchev–Trinajstić information content (AvgIpc) is 2.26. The summed E-state index contributed by atoms with van der Waals surface area (Å²) in [4.78, 5) is 11.2. The molecule has 0 radical (unpaired) electrons. The van der Waals surface area contributed by atoms with Gasteiger partial charge in [0, 0.05) is 11.1 Å². The highest BCUT2D eigenvalue weighted by Gasteiger charge is 2.05. The van der Waals surface area contributed by atoms with Gasteiger partial charge in [-0.25, -0.2) is 4.79 Å². The van der Waals surface area contributed by atoms with Crippen LogP contribution in [0.15, 0.2) is 30.3 Å². The molecule has 0 saturated heterocycles. The molecule has 0 spiro atoms. The first kappa shape index (κ1) is 12.3. The smallest absolute Gasteiger partial charge is 0.332 e. The molecular formula is C12H10ClNO2. The molecule has 1 rings (SSSR count). The van der Waals surface area contributed by atoms with Gasteiger partial charge in [-0.1, -0.05) is 23.7 Å². The van der Waals surface area contributed by atoms with Crippen molar-refractivity contribution in [1.29, 1.82) is 5.26 Å². The van der Waals surface area contributed by atoms with E-state index in [1.54, 1.807) is 31.2 Å². The summed E-state index contributed by atoms with van der Waals surface area (Å²) in [6.45, 7) is 1.99. The number of hydrogen-bond donors (Lipinski definition) is 0. The largest absolute Gasteiger partial charge is 0.463 e. The van der Waals surface area contributed by atoms with E-state index in [2.05, 4.69) is 0 Å². The molecule has 0 aliphatic heterocycles. The number of nitriles is 1. The van der Waals surface area contributed by atoms with Crippen LogP contribution in [0, 0.1) is 11.3 Å². The average molecular weight is 236 g/mol. The lowest BCUT2D eigenvalue weighted by atomic mass is 10.1. The number of carbonyl (C=O) groups is 1. The zero-order valence-corrected chi connectivity index (χ0v) is 9.49. The molecule has 0 aromatic heterocycles. The minimum Gasteiger partial charge on any atom is -0.463 e. The van der Waals surface area contributed by atoms with Gasteiger partial charge >= 0.3 is 5.97 Å². The molecule has 0 heterocycles. The van der Waals surface area contributed by atoms with Gasteiger partial charge in [-0.2, -0.15) is 5.26 Å². The van der Waals surface area contributed by atoms with E-state index < -0.39 is 5.97 Å². The van der Waals surface area contributed by atoms with Crippen LogP contribution in [-0.2, 0) is 9.53 Å². The lowest BCUT2D eigenvalue weighted by Crippen LogP contribution is -2.00. The van der Waals surface area contributed by atoms with Crippen LogP contribution < -0.4 is 0 Å². The molecule has 0 bridgehead atoms. The molecule has 0 saturated carbocycles. The molecular weight excluding hydrogens is 226 g/mol. The van der Waals surface area contributed by atoms with Crippen molar-refractivity contribution < 1.29 is 9.53 Å². The fourth-order valence-electron chi connectivity index (χ4n) is 1.14. The number of benzene rings is 1. The standard InChI is InChI=1S/C12H10ClNO2/c1-2-16-12(15)7-10(8-14)9-4-3-5-11(13)6-9/h3-7H,2H2,1H3. The minimum atomic E-state index is -0.529. The van der Waals surface area contributed by atoms with Crippen molar-refractivity contribution in [3.05, 3.63) is 40.9 Å². The second-order valence-corrected chi connectivity index (χ2v) is 3.37. The van der Waals surface area contributed by atoms with Gasteiger partial charge in [0.2, 0.25) is 0 Å². The molecule has 0 aliphatic rings. The van der Waals surface area contributed by atoms with Crippen molar-refractivity contribution in [3.8, 4) is 6.07 Å². The number of nitrogens with zero attached hydrogens (tertiary/aromatic N) is 1. The third-order valence-electron chi connectivity index (χ3n) is 1.80.